The van der Waals surface area contributed by atoms with Crippen molar-refractivity contribution < 1.29 is 9.53 Å². The second-order valence-electron chi connectivity index (χ2n) is 3.85. The Kier molecular flexibility index (Phi) is 5.33. The minimum Gasteiger partial charge on any atom is -0.453 e. The lowest BCUT2D eigenvalue weighted by atomic mass is 10.1. The highest BCUT2D eigenvalue weighted by atomic mass is 16.5. The number of carbonyl (C=O) groups excluding carboxylic acids is 1. The Bertz CT molecular complexity index is 345. The lowest BCUT2D eigenvalue weighted by Gasteiger charge is -2.16. The first-order valence-corrected chi connectivity index (χ1v) is 5.91. The first-order valence-electron chi connectivity index (χ1n) is 5.91. The molecule has 1 amide bonds. The summed E-state index contributed by atoms with van der Waals surface area (Å²) in [4.78, 5) is 11.0. The number of carbonyl (C=O) groups is 1. The van der Waals surface area contributed by atoms with Gasteiger partial charge in [-0.2, -0.15) is 0 Å². The van der Waals surface area contributed by atoms with E-state index in [4.69, 9.17) is 0 Å². The van der Waals surface area contributed by atoms with E-state index in [0.717, 1.165) is 24.2 Å². The van der Waals surface area contributed by atoms with Gasteiger partial charge in [-0.15, -0.1) is 0 Å². The number of amides is 1. The average Bonchev–Trinajstić information content (AvgIpc) is 2.37. The van der Waals surface area contributed by atoms with Crippen LogP contribution in [0.1, 0.15) is 26.7 Å². The number of anilines is 2. The van der Waals surface area contributed by atoms with Gasteiger partial charge in [-0.3, -0.25) is 5.32 Å². The predicted molar refractivity (Wildman–Crippen MR) is 70.5 cm³/mol. The van der Waals surface area contributed by atoms with E-state index in [1.54, 1.807) is 0 Å². The maximum Gasteiger partial charge on any atom is 0.411 e. The number of benzene rings is 1. The number of rotatable bonds is 5. The van der Waals surface area contributed by atoms with E-state index in [2.05, 4.69) is 29.2 Å². The fraction of sp³-hybridized carbons (Fsp3) is 0.462. The van der Waals surface area contributed by atoms with Crippen molar-refractivity contribution in [2.75, 3.05) is 17.7 Å². The first kappa shape index (κ1) is 13.4. The highest BCUT2D eigenvalue weighted by Crippen LogP contribution is 2.16. The van der Waals surface area contributed by atoms with Crippen molar-refractivity contribution in [2.45, 2.75) is 32.7 Å². The largest absolute Gasteiger partial charge is 0.453 e. The SMILES string of the molecule is CCC(CC)Nc1ccc(NC(=O)OC)cc1. The molecule has 0 spiro atoms. The van der Waals surface area contributed by atoms with Crippen molar-refractivity contribution in [2.24, 2.45) is 0 Å². The van der Waals surface area contributed by atoms with Crippen molar-refractivity contribution in [3.63, 3.8) is 0 Å². The molecule has 4 nitrogen and oxygen atoms in total. The van der Waals surface area contributed by atoms with Crippen molar-refractivity contribution in [1.82, 2.24) is 0 Å². The van der Waals surface area contributed by atoms with Gasteiger partial charge in [0.25, 0.3) is 0 Å². The van der Waals surface area contributed by atoms with Crippen LogP contribution in [0.15, 0.2) is 24.3 Å². The molecule has 0 unspecified atom stereocenters. The van der Waals surface area contributed by atoms with Gasteiger partial charge in [0.15, 0.2) is 0 Å². The zero-order valence-corrected chi connectivity index (χ0v) is 10.6. The number of hydrogen-bond donors (Lipinski definition) is 2. The molecule has 1 rings (SSSR count). The summed E-state index contributed by atoms with van der Waals surface area (Å²) in [5.41, 5.74) is 1.79. The topological polar surface area (TPSA) is 50.4 Å². The zero-order valence-electron chi connectivity index (χ0n) is 10.6. The molecule has 0 radical (unpaired) electrons. The van der Waals surface area contributed by atoms with E-state index < -0.39 is 6.09 Å². The average molecular weight is 236 g/mol. The highest BCUT2D eigenvalue weighted by molar-refractivity contribution is 5.84. The molecule has 1 aromatic carbocycles. The van der Waals surface area contributed by atoms with E-state index >= 15 is 0 Å². The van der Waals surface area contributed by atoms with Crippen LogP contribution in [-0.2, 0) is 4.74 Å². The summed E-state index contributed by atoms with van der Waals surface area (Å²) in [7, 11) is 1.35. The molecule has 94 valence electrons. The zero-order chi connectivity index (χ0) is 12.7. The van der Waals surface area contributed by atoms with Crippen LogP contribution >= 0.6 is 0 Å². The van der Waals surface area contributed by atoms with Crippen molar-refractivity contribution in [3.05, 3.63) is 24.3 Å². The summed E-state index contributed by atoms with van der Waals surface area (Å²) in [6.07, 6.45) is 1.74. The summed E-state index contributed by atoms with van der Waals surface area (Å²) in [5, 5.41) is 6.04. The van der Waals surface area contributed by atoms with Crippen LogP contribution in [0, 0.1) is 0 Å². The molecule has 0 aromatic heterocycles. The second kappa shape index (κ2) is 6.78. The minimum absolute atomic E-state index is 0.453. The van der Waals surface area contributed by atoms with Crippen LogP contribution in [0.3, 0.4) is 0 Å². The molecule has 2 N–H and O–H groups in total. The van der Waals surface area contributed by atoms with Crippen LogP contribution in [0.2, 0.25) is 0 Å². The van der Waals surface area contributed by atoms with Gasteiger partial charge >= 0.3 is 6.09 Å². The normalized spacial score (nSPS) is 10.1. The lowest BCUT2D eigenvalue weighted by Crippen LogP contribution is -2.17. The van der Waals surface area contributed by atoms with Gasteiger partial charge in [0.2, 0.25) is 0 Å². The van der Waals surface area contributed by atoms with E-state index in [1.807, 2.05) is 24.3 Å². The minimum atomic E-state index is -0.453. The van der Waals surface area contributed by atoms with E-state index in [0.29, 0.717) is 6.04 Å². The van der Waals surface area contributed by atoms with Crippen LogP contribution in [0.25, 0.3) is 0 Å². The molecule has 0 saturated carbocycles. The highest BCUT2D eigenvalue weighted by Gasteiger charge is 2.03. The molecule has 0 aliphatic rings. The summed E-state index contributed by atoms with van der Waals surface area (Å²) in [5.74, 6) is 0. The smallest absolute Gasteiger partial charge is 0.411 e. The number of nitrogens with one attached hydrogen (secondary N) is 2. The standard InChI is InChI=1S/C13H20N2O2/c1-4-10(5-2)14-11-6-8-12(9-7-11)15-13(16)17-3/h6-10,14H,4-5H2,1-3H3,(H,15,16). The Hall–Kier alpha value is -1.71. The molecular weight excluding hydrogens is 216 g/mol. The third kappa shape index (κ3) is 4.34. The molecule has 17 heavy (non-hydrogen) atoms. The number of hydrogen-bond acceptors (Lipinski definition) is 3. The van der Waals surface area contributed by atoms with Gasteiger partial charge in [-0.1, -0.05) is 13.8 Å². The maximum absolute atomic E-state index is 11.0. The van der Waals surface area contributed by atoms with Crippen molar-refractivity contribution in [3.8, 4) is 0 Å². The van der Waals surface area contributed by atoms with E-state index in [-0.39, 0.29) is 0 Å². The summed E-state index contributed by atoms with van der Waals surface area (Å²) in [6, 6.07) is 8.09. The maximum atomic E-state index is 11.0. The number of ether oxygens (including phenoxy) is 1. The quantitative estimate of drug-likeness (QED) is 0.823. The Balaban J connectivity index is 2.58. The number of methoxy groups -OCH3 is 1. The van der Waals surface area contributed by atoms with Gasteiger partial charge in [0.05, 0.1) is 7.11 Å². The van der Waals surface area contributed by atoms with Crippen LogP contribution in [-0.4, -0.2) is 19.2 Å². The monoisotopic (exact) mass is 236 g/mol. The first-order chi connectivity index (χ1) is 8.19. The summed E-state index contributed by atoms with van der Waals surface area (Å²) >= 11 is 0. The molecule has 1 aromatic rings. The fourth-order valence-corrected chi connectivity index (χ4v) is 1.55. The van der Waals surface area contributed by atoms with Crippen LogP contribution in [0.4, 0.5) is 16.2 Å². The Morgan fingerprint density at radius 3 is 2.18 bits per heavy atom. The fourth-order valence-electron chi connectivity index (χ4n) is 1.55. The third-order valence-corrected chi connectivity index (χ3v) is 2.67. The van der Waals surface area contributed by atoms with E-state index in [9.17, 15) is 4.79 Å². The summed E-state index contributed by atoms with van der Waals surface area (Å²) < 4.78 is 4.52. The van der Waals surface area contributed by atoms with Gasteiger partial charge in [-0.05, 0) is 37.1 Å². The van der Waals surface area contributed by atoms with Gasteiger partial charge in [-0.25, -0.2) is 4.79 Å². The molecule has 0 atom stereocenters. The van der Waals surface area contributed by atoms with Crippen molar-refractivity contribution >= 4 is 17.5 Å². The molecule has 4 heteroatoms. The summed E-state index contributed by atoms with van der Waals surface area (Å²) in [6.45, 7) is 4.32. The van der Waals surface area contributed by atoms with Gasteiger partial charge < -0.3 is 10.1 Å². The van der Waals surface area contributed by atoms with Gasteiger partial charge in [0.1, 0.15) is 0 Å². The Labute approximate surface area is 102 Å². The molecule has 0 aliphatic heterocycles. The third-order valence-electron chi connectivity index (χ3n) is 2.67. The second-order valence-corrected chi connectivity index (χ2v) is 3.85. The molecule has 0 saturated heterocycles. The molecule has 0 heterocycles. The molecular formula is C13H20N2O2. The molecule has 0 fully saturated rings. The van der Waals surface area contributed by atoms with Gasteiger partial charge in [0, 0.05) is 17.4 Å². The van der Waals surface area contributed by atoms with Crippen LogP contribution < -0.4 is 10.6 Å². The Morgan fingerprint density at radius 2 is 1.71 bits per heavy atom. The Morgan fingerprint density at radius 1 is 1.18 bits per heavy atom. The molecule has 0 aliphatic carbocycles. The predicted octanol–water partition coefficient (Wildman–Crippen LogP) is 3.47. The lowest BCUT2D eigenvalue weighted by molar-refractivity contribution is 0.187. The van der Waals surface area contributed by atoms with Crippen LogP contribution in [0.5, 0.6) is 0 Å². The molecule has 0 bridgehead atoms. The van der Waals surface area contributed by atoms with Crippen molar-refractivity contribution in [1.29, 1.82) is 0 Å². The van der Waals surface area contributed by atoms with E-state index in [1.165, 1.54) is 7.11 Å².